The van der Waals surface area contributed by atoms with Crippen molar-refractivity contribution < 1.29 is 28.6 Å². The summed E-state index contributed by atoms with van der Waals surface area (Å²) in [6, 6.07) is 2.41. The number of carboxylic acids is 1. The van der Waals surface area contributed by atoms with Crippen molar-refractivity contribution in [2.75, 3.05) is 7.11 Å². The maximum absolute atomic E-state index is 13.3. The molecule has 1 atom stereocenters. The molecule has 2 N–H and O–H groups in total. The Hall–Kier alpha value is -1.96. The summed E-state index contributed by atoms with van der Waals surface area (Å²) in [5.74, 6) is -3.24. The van der Waals surface area contributed by atoms with E-state index in [1.54, 1.807) is 0 Å². The lowest BCUT2D eigenvalue weighted by atomic mass is 10.1. The van der Waals surface area contributed by atoms with Crippen molar-refractivity contribution in [3.63, 3.8) is 0 Å². The van der Waals surface area contributed by atoms with E-state index in [0.717, 1.165) is 6.07 Å². The fourth-order valence-corrected chi connectivity index (χ4v) is 1.75. The highest BCUT2D eigenvalue weighted by molar-refractivity contribution is 9.10. The van der Waals surface area contributed by atoms with Gasteiger partial charge in [0.25, 0.3) is 5.91 Å². The number of hydrogen-bond acceptors (Lipinski definition) is 4. The lowest BCUT2D eigenvalue weighted by Gasteiger charge is -2.14. The minimum Gasteiger partial charge on any atom is -0.480 e. The van der Waals surface area contributed by atoms with E-state index in [1.807, 2.05) is 0 Å². The molecule has 1 aromatic rings. The molecule has 0 heterocycles. The predicted octanol–water partition coefficient (Wildman–Crippen LogP) is 1.72. The highest BCUT2D eigenvalue weighted by Gasteiger charge is 2.22. The van der Waals surface area contributed by atoms with Crippen molar-refractivity contribution in [1.29, 1.82) is 0 Å². The Bertz CT molecular complexity index is 563. The SMILES string of the molecule is COC(=O)CC[C@@H](NC(=O)c1ccc(Br)c(F)c1)C(=O)O. The van der Waals surface area contributed by atoms with E-state index < -0.39 is 29.7 Å². The first-order valence-corrected chi connectivity index (χ1v) is 6.70. The van der Waals surface area contributed by atoms with Gasteiger partial charge in [-0.3, -0.25) is 9.59 Å². The van der Waals surface area contributed by atoms with E-state index in [2.05, 4.69) is 26.0 Å². The van der Waals surface area contributed by atoms with Gasteiger partial charge in [-0.05, 0) is 40.5 Å². The Morgan fingerprint density at radius 2 is 2.10 bits per heavy atom. The molecule has 0 aliphatic carbocycles. The Morgan fingerprint density at radius 1 is 1.43 bits per heavy atom. The molecule has 114 valence electrons. The van der Waals surface area contributed by atoms with Crippen LogP contribution in [0.1, 0.15) is 23.2 Å². The first-order valence-electron chi connectivity index (χ1n) is 5.90. The van der Waals surface area contributed by atoms with Crippen LogP contribution < -0.4 is 5.32 Å². The monoisotopic (exact) mass is 361 g/mol. The summed E-state index contributed by atoms with van der Waals surface area (Å²) < 4.78 is 17.9. The summed E-state index contributed by atoms with van der Waals surface area (Å²) in [5, 5.41) is 11.2. The second-order valence-corrected chi connectivity index (χ2v) is 4.96. The number of amides is 1. The summed E-state index contributed by atoms with van der Waals surface area (Å²) in [6.45, 7) is 0. The molecule has 0 spiro atoms. The van der Waals surface area contributed by atoms with Gasteiger partial charge in [0.1, 0.15) is 11.9 Å². The molecule has 1 amide bonds. The zero-order valence-electron chi connectivity index (χ0n) is 11.1. The third-order valence-corrected chi connectivity index (χ3v) is 3.29. The van der Waals surface area contributed by atoms with Gasteiger partial charge in [0.2, 0.25) is 0 Å². The summed E-state index contributed by atoms with van der Waals surface area (Å²) in [5.41, 5.74) is -0.0139. The molecule has 0 aliphatic rings. The second kappa shape index (κ2) is 7.72. The van der Waals surface area contributed by atoms with E-state index in [4.69, 9.17) is 5.11 Å². The lowest BCUT2D eigenvalue weighted by molar-refractivity contribution is -0.142. The van der Waals surface area contributed by atoms with Crippen LogP contribution in [0.2, 0.25) is 0 Å². The van der Waals surface area contributed by atoms with E-state index >= 15 is 0 Å². The maximum Gasteiger partial charge on any atom is 0.326 e. The van der Waals surface area contributed by atoms with Crippen LogP contribution in [0.5, 0.6) is 0 Å². The van der Waals surface area contributed by atoms with Crippen LogP contribution in [-0.4, -0.2) is 36.1 Å². The average Bonchev–Trinajstić information content (AvgIpc) is 2.45. The number of aliphatic carboxylic acids is 1. The van der Waals surface area contributed by atoms with Gasteiger partial charge >= 0.3 is 11.9 Å². The number of ether oxygens (including phenoxy) is 1. The molecule has 1 rings (SSSR count). The smallest absolute Gasteiger partial charge is 0.326 e. The molecule has 0 bridgehead atoms. The Labute approximate surface area is 128 Å². The van der Waals surface area contributed by atoms with E-state index in [0.29, 0.717) is 0 Å². The summed E-state index contributed by atoms with van der Waals surface area (Å²) in [7, 11) is 1.18. The van der Waals surface area contributed by atoms with Gasteiger partial charge < -0.3 is 15.2 Å². The lowest BCUT2D eigenvalue weighted by Crippen LogP contribution is -2.41. The van der Waals surface area contributed by atoms with Crippen LogP contribution in [0.25, 0.3) is 0 Å². The number of benzene rings is 1. The molecule has 6 nitrogen and oxygen atoms in total. The summed E-state index contributed by atoms with van der Waals surface area (Å²) >= 11 is 2.95. The van der Waals surface area contributed by atoms with Gasteiger partial charge in [-0.2, -0.15) is 0 Å². The van der Waals surface area contributed by atoms with Gasteiger partial charge in [0.15, 0.2) is 0 Å². The number of carbonyl (C=O) groups excluding carboxylic acids is 2. The minimum absolute atomic E-state index is 0.0139. The van der Waals surface area contributed by atoms with Crippen LogP contribution in [0, 0.1) is 5.82 Å². The molecular weight excluding hydrogens is 349 g/mol. The molecule has 0 saturated heterocycles. The quantitative estimate of drug-likeness (QED) is 0.752. The Balaban J connectivity index is 2.74. The fraction of sp³-hybridized carbons (Fsp3) is 0.308. The van der Waals surface area contributed by atoms with Crippen LogP contribution in [0.3, 0.4) is 0 Å². The number of hydrogen-bond donors (Lipinski definition) is 2. The number of carboxylic acid groups (broad SMARTS) is 1. The van der Waals surface area contributed by atoms with Gasteiger partial charge in [0.05, 0.1) is 11.6 Å². The van der Waals surface area contributed by atoms with Crippen LogP contribution >= 0.6 is 15.9 Å². The number of rotatable bonds is 6. The molecule has 0 aliphatic heterocycles. The first kappa shape index (κ1) is 17.1. The molecule has 0 fully saturated rings. The number of halogens is 2. The molecule has 21 heavy (non-hydrogen) atoms. The number of methoxy groups -OCH3 is 1. The van der Waals surface area contributed by atoms with Crippen molar-refractivity contribution in [2.24, 2.45) is 0 Å². The summed E-state index contributed by atoms with van der Waals surface area (Å²) in [6.07, 6.45) is -0.269. The highest BCUT2D eigenvalue weighted by atomic mass is 79.9. The summed E-state index contributed by atoms with van der Waals surface area (Å²) in [4.78, 5) is 33.9. The molecule has 1 aromatic carbocycles. The van der Waals surface area contributed by atoms with Crippen molar-refractivity contribution in [3.05, 3.63) is 34.1 Å². The standard InChI is InChI=1S/C13H13BrFNO5/c1-21-11(17)5-4-10(13(19)20)16-12(18)7-2-3-8(14)9(15)6-7/h2-3,6,10H,4-5H2,1H3,(H,16,18)(H,19,20)/t10-/m1/s1. The van der Waals surface area contributed by atoms with Gasteiger partial charge in [-0.25, -0.2) is 9.18 Å². The van der Waals surface area contributed by atoms with E-state index in [9.17, 15) is 18.8 Å². The van der Waals surface area contributed by atoms with E-state index in [-0.39, 0.29) is 22.9 Å². The number of carbonyl (C=O) groups is 3. The second-order valence-electron chi connectivity index (χ2n) is 4.11. The number of nitrogens with one attached hydrogen (secondary N) is 1. The highest BCUT2D eigenvalue weighted by Crippen LogP contribution is 2.16. The molecule has 8 heteroatoms. The zero-order chi connectivity index (χ0) is 16.0. The third-order valence-electron chi connectivity index (χ3n) is 2.65. The normalized spacial score (nSPS) is 11.6. The minimum atomic E-state index is -1.29. The van der Waals surface area contributed by atoms with Crippen LogP contribution in [-0.2, 0) is 14.3 Å². The van der Waals surface area contributed by atoms with Gasteiger partial charge in [-0.15, -0.1) is 0 Å². The molecular formula is C13H13BrFNO5. The Morgan fingerprint density at radius 3 is 2.62 bits per heavy atom. The molecule has 0 radical (unpaired) electrons. The van der Waals surface area contributed by atoms with E-state index in [1.165, 1.54) is 19.2 Å². The maximum atomic E-state index is 13.3. The fourth-order valence-electron chi connectivity index (χ4n) is 1.50. The van der Waals surface area contributed by atoms with Crippen molar-refractivity contribution in [2.45, 2.75) is 18.9 Å². The first-order chi connectivity index (χ1) is 9.85. The number of esters is 1. The van der Waals surface area contributed by atoms with Crippen LogP contribution in [0.4, 0.5) is 4.39 Å². The predicted molar refractivity (Wildman–Crippen MR) is 74.2 cm³/mol. The molecule has 0 saturated carbocycles. The van der Waals surface area contributed by atoms with Gasteiger partial charge in [-0.1, -0.05) is 0 Å². The van der Waals surface area contributed by atoms with Gasteiger partial charge in [0, 0.05) is 12.0 Å². The van der Waals surface area contributed by atoms with Crippen molar-refractivity contribution in [1.82, 2.24) is 5.32 Å². The largest absolute Gasteiger partial charge is 0.480 e. The van der Waals surface area contributed by atoms with Crippen molar-refractivity contribution in [3.8, 4) is 0 Å². The Kier molecular flexibility index (Phi) is 6.29. The van der Waals surface area contributed by atoms with Crippen LogP contribution in [0.15, 0.2) is 22.7 Å². The van der Waals surface area contributed by atoms with Crippen molar-refractivity contribution >= 4 is 33.8 Å². The topological polar surface area (TPSA) is 92.7 Å². The average molecular weight is 362 g/mol. The zero-order valence-corrected chi connectivity index (χ0v) is 12.6. The molecule has 0 aromatic heterocycles. The third kappa shape index (κ3) is 5.14. The molecule has 0 unspecified atom stereocenters.